The van der Waals surface area contributed by atoms with E-state index >= 15 is 0 Å². The maximum Gasteiger partial charge on any atom is 0.328 e. The second-order valence-corrected chi connectivity index (χ2v) is 12.4. The Morgan fingerprint density at radius 2 is 1.77 bits per heavy atom. The molecule has 0 bridgehead atoms. The summed E-state index contributed by atoms with van der Waals surface area (Å²) in [6.07, 6.45) is 2.53. The van der Waals surface area contributed by atoms with E-state index < -0.39 is 45.5 Å². The Morgan fingerprint density at radius 1 is 1.10 bits per heavy atom. The lowest BCUT2D eigenvalue weighted by Crippen LogP contribution is -2.51. The summed E-state index contributed by atoms with van der Waals surface area (Å²) < 4.78 is 40.4. The number of amides is 2. The highest BCUT2D eigenvalue weighted by Crippen LogP contribution is 2.43. The number of nitrogens with one attached hydrogen (secondary N) is 3. The van der Waals surface area contributed by atoms with Gasteiger partial charge in [-0.1, -0.05) is 12.7 Å². The number of benzene rings is 1. The first-order valence-electron chi connectivity index (χ1n) is 12.9. The minimum Gasteiger partial charge on any atom is -0.487 e. The molecule has 1 aliphatic heterocycles. The van der Waals surface area contributed by atoms with E-state index in [0.29, 0.717) is 17.5 Å². The van der Waals surface area contributed by atoms with Crippen molar-refractivity contribution in [2.75, 3.05) is 19.0 Å². The fourth-order valence-electron chi connectivity index (χ4n) is 4.62. The highest BCUT2D eigenvalue weighted by atomic mass is 35.5. The number of fused-ring (bicyclic) bond motifs is 1. The Kier molecular flexibility index (Phi) is 11.4. The van der Waals surface area contributed by atoms with Crippen LogP contribution < -0.4 is 20.1 Å². The van der Waals surface area contributed by atoms with E-state index in [1.165, 1.54) is 13.0 Å². The molecule has 12 heteroatoms. The predicted molar refractivity (Wildman–Crippen MR) is 150 cm³/mol. The molecule has 218 valence electrons. The van der Waals surface area contributed by atoms with Crippen molar-refractivity contribution in [3.05, 3.63) is 34.9 Å². The molecule has 1 aromatic rings. The maximum absolute atomic E-state index is 13.4. The minimum absolute atomic E-state index is 0.0176. The molecular weight excluding hydrogens is 546 g/mol. The van der Waals surface area contributed by atoms with Crippen LogP contribution in [0, 0.1) is 20.8 Å². The van der Waals surface area contributed by atoms with Gasteiger partial charge in [-0.3, -0.25) is 9.59 Å². The third-order valence-electron chi connectivity index (χ3n) is 6.56. The van der Waals surface area contributed by atoms with Crippen LogP contribution >= 0.6 is 11.6 Å². The first kappa shape index (κ1) is 32.6. The Morgan fingerprint density at radius 3 is 2.36 bits per heavy atom. The average molecular weight is 586 g/mol. The van der Waals surface area contributed by atoms with Gasteiger partial charge in [-0.15, -0.1) is 11.6 Å². The molecule has 39 heavy (non-hydrogen) atoms. The lowest BCUT2D eigenvalue weighted by molar-refractivity contribution is -0.147. The zero-order valence-electron chi connectivity index (χ0n) is 23.5. The SMILES string of the molecule is C=CCOC(=O)C(CCCl)NC(=O)C(CCCNS(=O)(=O)c1c(C)c(C)c2c(c1C)CC(C)(C)O2)NC(C)=O. The van der Waals surface area contributed by atoms with Gasteiger partial charge in [0.1, 0.15) is 30.0 Å². The standard InChI is InChI=1S/C27H40ClN3O7S/c1-8-14-37-26(34)22(11-12-28)31-25(33)21(30-19(5)32)10-9-13-29-39(35,36)24-17(3)16(2)23-20(18(24)4)15-27(6,7)38-23/h8,21-22,29H,1,9-15H2,2-7H3,(H,30,32)(H,31,33). The molecule has 2 amide bonds. The van der Waals surface area contributed by atoms with E-state index in [0.717, 1.165) is 16.9 Å². The van der Waals surface area contributed by atoms with Gasteiger partial charge in [-0.25, -0.2) is 17.9 Å². The Balaban J connectivity index is 2.10. The molecule has 0 saturated carbocycles. The molecule has 0 radical (unpaired) electrons. The van der Waals surface area contributed by atoms with Crippen molar-refractivity contribution in [1.29, 1.82) is 0 Å². The minimum atomic E-state index is -3.87. The van der Waals surface area contributed by atoms with Gasteiger partial charge in [0, 0.05) is 31.3 Å². The number of rotatable bonds is 14. The number of ether oxygens (including phenoxy) is 2. The molecule has 1 aromatic carbocycles. The summed E-state index contributed by atoms with van der Waals surface area (Å²) in [5, 5.41) is 5.13. The lowest BCUT2D eigenvalue weighted by Gasteiger charge is -2.22. The lowest BCUT2D eigenvalue weighted by atomic mass is 9.94. The third-order valence-corrected chi connectivity index (χ3v) is 8.51. The van der Waals surface area contributed by atoms with Gasteiger partial charge in [0.25, 0.3) is 0 Å². The van der Waals surface area contributed by atoms with E-state index in [2.05, 4.69) is 21.9 Å². The second kappa shape index (κ2) is 13.6. The van der Waals surface area contributed by atoms with Gasteiger partial charge in [-0.2, -0.15) is 0 Å². The fourth-order valence-corrected chi connectivity index (χ4v) is 6.48. The molecule has 2 atom stereocenters. The van der Waals surface area contributed by atoms with E-state index in [1.54, 1.807) is 13.8 Å². The summed E-state index contributed by atoms with van der Waals surface area (Å²) in [5.41, 5.74) is 2.56. The number of halogens is 1. The molecule has 0 saturated heterocycles. The molecule has 0 aliphatic carbocycles. The Labute approximate surface area is 236 Å². The molecule has 2 rings (SSSR count). The first-order chi connectivity index (χ1) is 18.1. The maximum atomic E-state index is 13.4. The van der Waals surface area contributed by atoms with Crippen LogP contribution in [-0.2, 0) is 35.6 Å². The Hall–Kier alpha value is -2.63. The number of carbonyl (C=O) groups is 3. The van der Waals surface area contributed by atoms with Crippen molar-refractivity contribution in [2.45, 2.75) is 89.8 Å². The molecule has 3 N–H and O–H groups in total. The number of carbonyl (C=O) groups excluding carboxylic acids is 3. The molecule has 2 unspecified atom stereocenters. The van der Waals surface area contributed by atoms with Crippen molar-refractivity contribution in [3.63, 3.8) is 0 Å². The molecule has 0 aromatic heterocycles. The topological polar surface area (TPSA) is 140 Å². The fraction of sp³-hybridized carbons (Fsp3) is 0.593. The highest BCUT2D eigenvalue weighted by Gasteiger charge is 2.36. The van der Waals surface area contributed by atoms with Crippen molar-refractivity contribution < 1.29 is 32.3 Å². The molecular formula is C27H40ClN3O7S. The normalized spacial score (nSPS) is 15.5. The first-order valence-corrected chi connectivity index (χ1v) is 14.9. The zero-order valence-corrected chi connectivity index (χ0v) is 25.1. The van der Waals surface area contributed by atoms with Gasteiger partial charge < -0.3 is 20.1 Å². The van der Waals surface area contributed by atoms with E-state index in [4.69, 9.17) is 21.1 Å². The van der Waals surface area contributed by atoms with Gasteiger partial charge in [0.05, 0.1) is 4.90 Å². The van der Waals surface area contributed by atoms with E-state index in [-0.39, 0.29) is 43.2 Å². The highest BCUT2D eigenvalue weighted by molar-refractivity contribution is 7.89. The molecule has 1 heterocycles. The monoisotopic (exact) mass is 585 g/mol. The van der Waals surface area contributed by atoms with Gasteiger partial charge >= 0.3 is 5.97 Å². The molecule has 0 spiro atoms. The smallest absolute Gasteiger partial charge is 0.328 e. The van der Waals surface area contributed by atoms with Crippen LogP contribution in [0.5, 0.6) is 5.75 Å². The molecule has 1 aliphatic rings. The van der Waals surface area contributed by atoms with E-state index in [1.807, 2.05) is 20.8 Å². The summed E-state index contributed by atoms with van der Waals surface area (Å²) in [5.74, 6) is -0.849. The Bertz CT molecular complexity index is 1210. The largest absolute Gasteiger partial charge is 0.487 e. The predicted octanol–water partition coefficient (Wildman–Crippen LogP) is 2.73. The van der Waals surface area contributed by atoms with Crippen LogP contribution in [0.25, 0.3) is 0 Å². The van der Waals surface area contributed by atoms with Gasteiger partial charge in [0.15, 0.2) is 0 Å². The summed E-state index contributed by atoms with van der Waals surface area (Å²) in [6, 6.07) is -1.98. The average Bonchev–Trinajstić information content (AvgIpc) is 3.18. The van der Waals surface area contributed by atoms with Gasteiger partial charge in [0.2, 0.25) is 21.8 Å². The number of alkyl halides is 1. The van der Waals surface area contributed by atoms with Crippen molar-refractivity contribution in [3.8, 4) is 5.75 Å². The van der Waals surface area contributed by atoms with Crippen LogP contribution in [0.3, 0.4) is 0 Å². The van der Waals surface area contributed by atoms with Crippen LogP contribution in [-0.4, -0.2) is 62.9 Å². The number of hydrogen-bond donors (Lipinski definition) is 3. The number of esters is 1. The van der Waals surface area contributed by atoms with Crippen LogP contribution in [0.15, 0.2) is 17.6 Å². The second-order valence-electron chi connectivity index (χ2n) is 10.3. The van der Waals surface area contributed by atoms with Crippen LogP contribution in [0.1, 0.15) is 62.3 Å². The third kappa shape index (κ3) is 8.43. The van der Waals surface area contributed by atoms with Crippen molar-refractivity contribution in [1.82, 2.24) is 15.4 Å². The van der Waals surface area contributed by atoms with Crippen molar-refractivity contribution >= 4 is 39.4 Å². The number of hydrogen-bond acceptors (Lipinski definition) is 7. The van der Waals surface area contributed by atoms with Gasteiger partial charge in [-0.05, 0) is 70.6 Å². The summed E-state index contributed by atoms with van der Waals surface area (Å²) in [7, 11) is -3.87. The number of sulfonamides is 1. The molecule has 0 fully saturated rings. The summed E-state index contributed by atoms with van der Waals surface area (Å²) >= 11 is 5.77. The van der Waals surface area contributed by atoms with Crippen LogP contribution in [0.2, 0.25) is 0 Å². The van der Waals surface area contributed by atoms with Crippen LogP contribution in [0.4, 0.5) is 0 Å². The summed E-state index contributed by atoms with van der Waals surface area (Å²) in [4.78, 5) is 37.1. The van der Waals surface area contributed by atoms with Crippen molar-refractivity contribution in [2.24, 2.45) is 0 Å². The van der Waals surface area contributed by atoms with E-state index in [9.17, 15) is 22.8 Å². The molecule has 10 nitrogen and oxygen atoms in total. The zero-order chi connectivity index (χ0) is 29.5. The summed E-state index contributed by atoms with van der Waals surface area (Å²) in [6.45, 7) is 14.1. The quantitative estimate of drug-likeness (QED) is 0.132.